The first-order valence-electron chi connectivity index (χ1n) is 10.5. The molecule has 10 heteroatoms. The van der Waals surface area contributed by atoms with E-state index in [4.69, 9.17) is 4.98 Å². The van der Waals surface area contributed by atoms with E-state index in [1.54, 1.807) is 30.5 Å². The van der Waals surface area contributed by atoms with Gasteiger partial charge >= 0.3 is 0 Å². The second-order valence-electron chi connectivity index (χ2n) is 8.14. The van der Waals surface area contributed by atoms with Gasteiger partial charge in [-0.2, -0.15) is 0 Å². The number of nitrogens with one attached hydrogen (secondary N) is 1. The van der Waals surface area contributed by atoms with Gasteiger partial charge < -0.3 is 19.9 Å². The number of anilines is 2. The van der Waals surface area contributed by atoms with E-state index >= 15 is 0 Å². The van der Waals surface area contributed by atoms with Crippen molar-refractivity contribution in [2.45, 2.75) is 18.9 Å². The standard InChI is InChI=1S/C23H23N7O2S/c1-14-19(25-13-30(14)3)28-22-24-9-7-17(27-22)18-12-33-20(26-18)15-5-4-6-16(11-15)23(32)8-10-29(2)21(23)31/h4-7,9,11-13,32H,8,10H2,1-3H3,(H,24,27,28). The molecular formula is C23H23N7O2S. The molecule has 0 saturated carbocycles. The maximum absolute atomic E-state index is 12.5. The summed E-state index contributed by atoms with van der Waals surface area (Å²) in [5, 5.41) is 16.9. The second-order valence-corrected chi connectivity index (χ2v) is 8.99. The molecule has 4 heterocycles. The summed E-state index contributed by atoms with van der Waals surface area (Å²) in [7, 11) is 3.63. The molecule has 1 unspecified atom stereocenters. The van der Waals surface area contributed by atoms with Crippen LogP contribution in [0.2, 0.25) is 0 Å². The minimum absolute atomic E-state index is 0.274. The lowest BCUT2D eigenvalue weighted by Crippen LogP contribution is -2.36. The average Bonchev–Trinajstić information content (AvgIpc) is 3.52. The van der Waals surface area contributed by atoms with E-state index in [0.717, 1.165) is 22.0 Å². The number of amides is 1. The van der Waals surface area contributed by atoms with Crippen molar-refractivity contribution in [3.05, 3.63) is 59.5 Å². The number of likely N-dealkylation sites (tertiary alicyclic amines) is 1. The molecule has 0 spiro atoms. The van der Waals surface area contributed by atoms with Crippen LogP contribution in [0.1, 0.15) is 17.7 Å². The molecule has 1 saturated heterocycles. The van der Waals surface area contributed by atoms with Gasteiger partial charge in [-0.05, 0) is 24.6 Å². The van der Waals surface area contributed by atoms with Crippen molar-refractivity contribution < 1.29 is 9.90 Å². The minimum atomic E-state index is -1.48. The van der Waals surface area contributed by atoms with Crippen molar-refractivity contribution in [1.29, 1.82) is 0 Å². The van der Waals surface area contributed by atoms with Crippen LogP contribution in [0.15, 0.2) is 48.2 Å². The Morgan fingerprint density at radius 3 is 2.73 bits per heavy atom. The fourth-order valence-corrected chi connectivity index (χ4v) is 4.65. The fraction of sp³-hybridized carbons (Fsp3) is 0.261. The number of thiazole rings is 1. The summed E-state index contributed by atoms with van der Waals surface area (Å²) in [5.74, 6) is 0.871. The third kappa shape index (κ3) is 3.77. The van der Waals surface area contributed by atoms with Gasteiger partial charge in [0.25, 0.3) is 5.91 Å². The van der Waals surface area contributed by atoms with Gasteiger partial charge in [0.2, 0.25) is 5.95 Å². The fourth-order valence-electron chi connectivity index (χ4n) is 3.84. The highest BCUT2D eigenvalue weighted by Gasteiger charge is 2.45. The molecule has 4 aromatic rings. The van der Waals surface area contributed by atoms with Crippen molar-refractivity contribution >= 4 is 29.0 Å². The zero-order valence-electron chi connectivity index (χ0n) is 18.5. The van der Waals surface area contributed by atoms with E-state index in [9.17, 15) is 9.90 Å². The van der Waals surface area contributed by atoms with Crippen LogP contribution in [0.4, 0.5) is 11.8 Å². The summed E-state index contributed by atoms with van der Waals surface area (Å²) in [6.07, 6.45) is 3.79. The molecule has 1 aliphatic rings. The number of benzene rings is 1. The monoisotopic (exact) mass is 461 g/mol. The van der Waals surface area contributed by atoms with Gasteiger partial charge in [0.05, 0.1) is 17.7 Å². The molecule has 0 bridgehead atoms. The number of aromatic nitrogens is 5. The number of rotatable bonds is 5. The molecule has 0 radical (unpaired) electrons. The second kappa shape index (κ2) is 8.05. The Labute approximate surface area is 194 Å². The zero-order chi connectivity index (χ0) is 23.2. The summed E-state index contributed by atoms with van der Waals surface area (Å²) in [6.45, 7) is 2.50. The van der Waals surface area contributed by atoms with Crippen LogP contribution in [0.3, 0.4) is 0 Å². The summed E-state index contributed by atoms with van der Waals surface area (Å²) in [4.78, 5) is 32.0. The number of carbonyl (C=O) groups is 1. The Kier molecular flexibility index (Phi) is 5.18. The van der Waals surface area contributed by atoms with Crippen molar-refractivity contribution in [2.24, 2.45) is 7.05 Å². The largest absolute Gasteiger partial charge is 0.375 e. The number of hydrogen-bond donors (Lipinski definition) is 2. The quantitative estimate of drug-likeness (QED) is 0.470. The minimum Gasteiger partial charge on any atom is -0.375 e. The predicted octanol–water partition coefficient (Wildman–Crippen LogP) is 3.10. The van der Waals surface area contributed by atoms with Gasteiger partial charge in [-0.15, -0.1) is 11.3 Å². The normalized spacial score (nSPS) is 18.2. The van der Waals surface area contributed by atoms with Crippen LogP contribution in [-0.2, 0) is 17.4 Å². The van der Waals surface area contributed by atoms with Crippen LogP contribution >= 0.6 is 11.3 Å². The lowest BCUT2D eigenvalue weighted by atomic mass is 9.91. The smallest absolute Gasteiger partial charge is 0.258 e. The Balaban J connectivity index is 1.41. The molecule has 1 aromatic carbocycles. The van der Waals surface area contributed by atoms with E-state index < -0.39 is 5.60 Å². The number of aliphatic hydroxyl groups is 1. The average molecular weight is 462 g/mol. The first-order chi connectivity index (χ1) is 15.8. The third-order valence-corrected chi connectivity index (χ3v) is 6.87. The van der Waals surface area contributed by atoms with E-state index in [0.29, 0.717) is 36.0 Å². The third-order valence-electron chi connectivity index (χ3n) is 5.98. The van der Waals surface area contributed by atoms with E-state index in [1.165, 1.54) is 11.3 Å². The van der Waals surface area contributed by atoms with Gasteiger partial charge in [-0.1, -0.05) is 18.2 Å². The van der Waals surface area contributed by atoms with E-state index in [2.05, 4.69) is 20.3 Å². The summed E-state index contributed by atoms with van der Waals surface area (Å²) < 4.78 is 1.92. The Hall–Kier alpha value is -3.63. The molecule has 33 heavy (non-hydrogen) atoms. The molecule has 1 amide bonds. The Bertz CT molecular complexity index is 1350. The van der Waals surface area contributed by atoms with Crippen molar-refractivity contribution in [2.75, 3.05) is 18.9 Å². The van der Waals surface area contributed by atoms with Crippen molar-refractivity contribution in [3.63, 3.8) is 0 Å². The molecular weight excluding hydrogens is 438 g/mol. The van der Waals surface area contributed by atoms with Gasteiger partial charge in [-0.25, -0.2) is 19.9 Å². The van der Waals surface area contributed by atoms with Crippen LogP contribution in [-0.4, -0.2) is 54.0 Å². The highest BCUT2D eigenvalue weighted by molar-refractivity contribution is 7.13. The first kappa shape index (κ1) is 21.2. The summed E-state index contributed by atoms with van der Waals surface area (Å²) in [6, 6.07) is 9.21. The molecule has 3 aromatic heterocycles. The number of carbonyl (C=O) groups excluding carboxylic acids is 1. The number of likely N-dealkylation sites (N-methyl/N-ethyl adjacent to an activating group) is 1. The Morgan fingerprint density at radius 1 is 1.15 bits per heavy atom. The lowest BCUT2D eigenvalue weighted by Gasteiger charge is -2.21. The van der Waals surface area contributed by atoms with Gasteiger partial charge in [0.1, 0.15) is 10.7 Å². The van der Waals surface area contributed by atoms with Gasteiger partial charge in [0.15, 0.2) is 11.4 Å². The van der Waals surface area contributed by atoms with Crippen molar-refractivity contribution in [1.82, 2.24) is 29.4 Å². The zero-order valence-corrected chi connectivity index (χ0v) is 19.3. The molecule has 1 aliphatic heterocycles. The molecule has 168 valence electrons. The predicted molar refractivity (Wildman–Crippen MR) is 126 cm³/mol. The first-order valence-corrected chi connectivity index (χ1v) is 11.4. The molecule has 1 atom stereocenters. The SMILES string of the molecule is Cc1c(Nc2nccc(-c3csc(-c4cccc(C5(O)CCN(C)C5=O)c4)n3)n2)ncn1C. The highest BCUT2D eigenvalue weighted by Crippen LogP contribution is 2.36. The topological polar surface area (TPSA) is 109 Å². The van der Waals surface area contributed by atoms with Crippen molar-refractivity contribution in [3.8, 4) is 22.0 Å². The number of nitrogens with zero attached hydrogens (tertiary/aromatic N) is 6. The Morgan fingerprint density at radius 2 is 2.00 bits per heavy atom. The molecule has 1 fully saturated rings. The molecule has 9 nitrogen and oxygen atoms in total. The summed E-state index contributed by atoms with van der Waals surface area (Å²) in [5.41, 5.74) is 2.33. The van der Waals surface area contributed by atoms with Crippen LogP contribution in [0.25, 0.3) is 22.0 Å². The number of imidazole rings is 1. The number of hydrogen-bond acceptors (Lipinski definition) is 8. The van der Waals surface area contributed by atoms with E-state index in [1.807, 2.05) is 48.2 Å². The van der Waals surface area contributed by atoms with Crippen LogP contribution in [0.5, 0.6) is 0 Å². The lowest BCUT2D eigenvalue weighted by molar-refractivity contribution is -0.143. The maximum atomic E-state index is 12.5. The molecule has 2 N–H and O–H groups in total. The molecule has 5 rings (SSSR count). The molecule has 0 aliphatic carbocycles. The van der Waals surface area contributed by atoms with Gasteiger partial charge in [-0.3, -0.25) is 4.79 Å². The maximum Gasteiger partial charge on any atom is 0.258 e. The highest BCUT2D eigenvalue weighted by atomic mass is 32.1. The van der Waals surface area contributed by atoms with Crippen LogP contribution < -0.4 is 5.32 Å². The van der Waals surface area contributed by atoms with E-state index in [-0.39, 0.29) is 5.91 Å². The van der Waals surface area contributed by atoms with Gasteiger partial charge in [0, 0.05) is 44.2 Å². The summed E-state index contributed by atoms with van der Waals surface area (Å²) >= 11 is 1.48. The number of aryl methyl sites for hydroxylation is 1. The van der Waals surface area contributed by atoms with Crippen LogP contribution in [0, 0.1) is 6.92 Å².